The second-order valence-corrected chi connectivity index (χ2v) is 6.28. The van der Waals surface area contributed by atoms with Crippen LogP contribution in [0.3, 0.4) is 0 Å². The van der Waals surface area contributed by atoms with Gasteiger partial charge >= 0.3 is 5.97 Å². The van der Waals surface area contributed by atoms with E-state index in [4.69, 9.17) is 5.11 Å². The van der Waals surface area contributed by atoms with Crippen LogP contribution < -0.4 is 0 Å². The number of thioether (sulfide) groups is 1. The molecule has 0 radical (unpaired) electrons. The van der Waals surface area contributed by atoms with Crippen molar-refractivity contribution in [3.05, 3.63) is 0 Å². The van der Waals surface area contributed by atoms with Gasteiger partial charge in [-0.15, -0.1) is 0 Å². The largest absolute Gasteiger partial charge is 0.481 e. The molecule has 90 valence electrons. The maximum absolute atomic E-state index is 10.8. The standard InChI is InChI=1S/C12H24O2S/c1-5-10(2)15-9-7-6-8-12(3,4)11(13)14/h10H,5-9H2,1-4H3,(H,13,14). The van der Waals surface area contributed by atoms with Gasteiger partial charge in [0.25, 0.3) is 0 Å². The number of hydrogen-bond donors (Lipinski definition) is 1. The van der Waals surface area contributed by atoms with E-state index in [0.717, 1.165) is 30.3 Å². The van der Waals surface area contributed by atoms with Crippen LogP contribution in [-0.4, -0.2) is 22.1 Å². The van der Waals surface area contributed by atoms with Crippen molar-refractivity contribution in [2.75, 3.05) is 5.75 Å². The van der Waals surface area contributed by atoms with Gasteiger partial charge in [-0.2, -0.15) is 11.8 Å². The van der Waals surface area contributed by atoms with E-state index in [2.05, 4.69) is 13.8 Å². The Balaban J connectivity index is 3.51. The molecule has 0 aromatic rings. The monoisotopic (exact) mass is 232 g/mol. The number of hydrogen-bond acceptors (Lipinski definition) is 2. The molecule has 15 heavy (non-hydrogen) atoms. The molecule has 1 unspecified atom stereocenters. The summed E-state index contributed by atoms with van der Waals surface area (Å²) in [4.78, 5) is 10.8. The van der Waals surface area contributed by atoms with Gasteiger partial charge in [0.2, 0.25) is 0 Å². The summed E-state index contributed by atoms with van der Waals surface area (Å²) in [6.45, 7) is 8.05. The zero-order valence-electron chi connectivity index (χ0n) is 10.4. The van der Waals surface area contributed by atoms with Gasteiger partial charge < -0.3 is 5.11 Å². The molecule has 1 atom stereocenters. The highest BCUT2D eigenvalue weighted by Crippen LogP contribution is 2.24. The molecule has 0 aromatic heterocycles. The average molecular weight is 232 g/mol. The van der Waals surface area contributed by atoms with Crippen LogP contribution in [0.1, 0.15) is 53.4 Å². The first-order chi connectivity index (χ1) is 6.90. The Morgan fingerprint density at radius 2 is 2.00 bits per heavy atom. The van der Waals surface area contributed by atoms with Gasteiger partial charge in [0.15, 0.2) is 0 Å². The Hall–Kier alpha value is -0.180. The maximum atomic E-state index is 10.8. The quantitative estimate of drug-likeness (QED) is 0.647. The lowest BCUT2D eigenvalue weighted by Crippen LogP contribution is -2.23. The summed E-state index contributed by atoms with van der Waals surface area (Å²) in [5.41, 5.74) is -0.555. The molecule has 0 aliphatic carbocycles. The Morgan fingerprint density at radius 1 is 1.40 bits per heavy atom. The van der Waals surface area contributed by atoms with Crippen LogP contribution in [0.15, 0.2) is 0 Å². The van der Waals surface area contributed by atoms with Crippen molar-refractivity contribution in [2.45, 2.75) is 58.6 Å². The normalized spacial score (nSPS) is 13.9. The first-order valence-electron chi connectivity index (χ1n) is 5.75. The second-order valence-electron chi connectivity index (χ2n) is 4.74. The third-order valence-corrected chi connectivity index (χ3v) is 4.18. The van der Waals surface area contributed by atoms with Crippen LogP contribution in [0.2, 0.25) is 0 Å². The molecule has 0 rings (SSSR count). The lowest BCUT2D eigenvalue weighted by molar-refractivity contribution is -0.147. The number of carboxylic acid groups (broad SMARTS) is 1. The van der Waals surface area contributed by atoms with E-state index < -0.39 is 11.4 Å². The number of carbonyl (C=O) groups is 1. The first kappa shape index (κ1) is 14.8. The Labute approximate surface area is 97.8 Å². The van der Waals surface area contributed by atoms with Crippen LogP contribution in [0.4, 0.5) is 0 Å². The van der Waals surface area contributed by atoms with Crippen LogP contribution in [0, 0.1) is 5.41 Å². The summed E-state index contributed by atoms with van der Waals surface area (Å²) in [5.74, 6) is 0.474. The SMILES string of the molecule is CCC(C)SCCCCC(C)(C)C(=O)O. The molecule has 0 spiro atoms. The second kappa shape index (κ2) is 7.15. The fourth-order valence-corrected chi connectivity index (χ4v) is 2.19. The van der Waals surface area contributed by atoms with E-state index in [1.165, 1.54) is 6.42 Å². The first-order valence-corrected chi connectivity index (χ1v) is 6.80. The molecule has 0 fully saturated rings. The summed E-state index contributed by atoms with van der Waals surface area (Å²) in [6, 6.07) is 0. The van der Waals surface area contributed by atoms with Gasteiger partial charge in [0.1, 0.15) is 0 Å². The van der Waals surface area contributed by atoms with Crippen LogP contribution in [0.25, 0.3) is 0 Å². The molecular formula is C12H24O2S. The van der Waals surface area contributed by atoms with Crippen molar-refractivity contribution >= 4 is 17.7 Å². The van der Waals surface area contributed by atoms with Gasteiger partial charge in [-0.3, -0.25) is 4.79 Å². The van der Waals surface area contributed by atoms with E-state index in [1.807, 2.05) is 11.8 Å². The molecule has 0 aliphatic rings. The molecular weight excluding hydrogens is 208 g/mol. The fourth-order valence-electron chi connectivity index (χ4n) is 1.18. The zero-order chi connectivity index (χ0) is 11.9. The van der Waals surface area contributed by atoms with Crippen molar-refractivity contribution in [2.24, 2.45) is 5.41 Å². The van der Waals surface area contributed by atoms with Crippen molar-refractivity contribution in [3.63, 3.8) is 0 Å². The summed E-state index contributed by atoms with van der Waals surface area (Å²) >= 11 is 1.99. The lowest BCUT2D eigenvalue weighted by Gasteiger charge is -2.18. The molecule has 0 heterocycles. The van der Waals surface area contributed by atoms with Gasteiger partial charge in [-0.1, -0.05) is 20.3 Å². The van der Waals surface area contributed by atoms with Gasteiger partial charge in [0, 0.05) is 5.25 Å². The summed E-state index contributed by atoms with van der Waals surface area (Å²) in [7, 11) is 0. The number of rotatable bonds is 8. The molecule has 0 aromatic carbocycles. The highest BCUT2D eigenvalue weighted by molar-refractivity contribution is 7.99. The Bertz CT molecular complexity index is 190. The van der Waals surface area contributed by atoms with Crippen molar-refractivity contribution in [3.8, 4) is 0 Å². The number of unbranched alkanes of at least 4 members (excludes halogenated alkanes) is 1. The highest BCUT2D eigenvalue weighted by atomic mass is 32.2. The highest BCUT2D eigenvalue weighted by Gasteiger charge is 2.25. The minimum Gasteiger partial charge on any atom is -0.481 e. The van der Waals surface area contributed by atoms with Crippen LogP contribution in [-0.2, 0) is 4.79 Å². The topological polar surface area (TPSA) is 37.3 Å². The molecule has 0 saturated carbocycles. The third kappa shape index (κ3) is 6.82. The van der Waals surface area contributed by atoms with E-state index in [9.17, 15) is 4.79 Å². The third-order valence-electron chi connectivity index (χ3n) is 2.75. The predicted octanol–water partition coefficient (Wildman–Crippen LogP) is 3.80. The molecule has 1 N–H and O–H groups in total. The predicted molar refractivity (Wildman–Crippen MR) is 67.5 cm³/mol. The summed E-state index contributed by atoms with van der Waals surface area (Å²) in [6.07, 6.45) is 4.14. The van der Waals surface area contributed by atoms with Gasteiger partial charge in [-0.25, -0.2) is 0 Å². The van der Waals surface area contributed by atoms with E-state index >= 15 is 0 Å². The van der Waals surface area contributed by atoms with Gasteiger partial charge in [-0.05, 0) is 38.9 Å². The Morgan fingerprint density at radius 3 is 2.47 bits per heavy atom. The zero-order valence-corrected chi connectivity index (χ0v) is 11.2. The Kier molecular flexibility index (Phi) is 7.07. The summed E-state index contributed by atoms with van der Waals surface area (Å²) < 4.78 is 0. The lowest BCUT2D eigenvalue weighted by atomic mass is 9.88. The molecule has 0 saturated heterocycles. The molecule has 2 nitrogen and oxygen atoms in total. The van der Waals surface area contributed by atoms with E-state index in [-0.39, 0.29) is 0 Å². The number of aliphatic carboxylic acids is 1. The fraction of sp³-hybridized carbons (Fsp3) is 0.917. The number of carboxylic acids is 1. The molecule has 0 amide bonds. The smallest absolute Gasteiger partial charge is 0.309 e. The minimum absolute atomic E-state index is 0.555. The van der Waals surface area contributed by atoms with Gasteiger partial charge in [0.05, 0.1) is 5.41 Å². The van der Waals surface area contributed by atoms with Crippen molar-refractivity contribution < 1.29 is 9.90 Å². The van der Waals surface area contributed by atoms with E-state index in [0.29, 0.717) is 0 Å². The van der Waals surface area contributed by atoms with Crippen LogP contribution in [0.5, 0.6) is 0 Å². The van der Waals surface area contributed by atoms with Crippen LogP contribution >= 0.6 is 11.8 Å². The van der Waals surface area contributed by atoms with Crippen molar-refractivity contribution in [1.29, 1.82) is 0 Å². The maximum Gasteiger partial charge on any atom is 0.309 e. The minimum atomic E-state index is -0.683. The molecule has 0 aliphatic heterocycles. The average Bonchev–Trinajstić information content (AvgIpc) is 2.16. The van der Waals surface area contributed by atoms with Crippen molar-refractivity contribution in [1.82, 2.24) is 0 Å². The summed E-state index contributed by atoms with van der Waals surface area (Å²) in [5, 5.41) is 9.65. The molecule has 0 bridgehead atoms. The van der Waals surface area contributed by atoms with E-state index in [1.54, 1.807) is 13.8 Å². The molecule has 3 heteroatoms.